The third-order valence-electron chi connectivity index (χ3n) is 2.79. The molecule has 1 rings (SSSR count). The minimum atomic E-state index is -0.498. The molecule has 0 aliphatic rings. The Kier molecular flexibility index (Phi) is 6.33. The van der Waals surface area contributed by atoms with Gasteiger partial charge in [-0.3, -0.25) is 4.79 Å². The summed E-state index contributed by atoms with van der Waals surface area (Å²) < 4.78 is 14.2. The lowest BCUT2D eigenvalue weighted by atomic mass is 10.1. The second-order valence-electron chi connectivity index (χ2n) is 4.49. The fourth-order valence-corrected chi connectivity index (χ4v) is 2.08. The van der Waals surface area contributed by atoms with Crippen molar-refractivity contribution in [2.75, 3.05) is 0 Å². The summed E-state index contributed by atoms with van der Waals surface area (Å²) in [6.07, 6.45) is 4.33. The van der Waals surface area contributed by atoms with Gasteiger partial charge in [0.05, 0.1) is 5.56 Å². The number of carbonyl (C=O) groups excluding carboxylic acids is 1. The Hall–Kier alpha value is -0.900. The average Bonchev–Trinajstić information content (AvgIpc) is 2.28. The minimum absolute atomic E-state index is 0.0760. The number of nitrogens with one attached hydrogen (secondary N) is 1. The van der Waals surface area contributed by atoms with Crippen LogP contribution in [0, 0.1) is 5.82 Å². The zero-order valence-electron chi connectivity index (χ0n) is 10.8. The van der Waals surface area contributed by atoms with Gasteiger partial charge >= 0.3 is 0 Å². The topological polar surface area (TPSA) is 29.1 Å². The molecule has 0 radical (unpaired) electrons. The van der Waals surface area contributed by atoms with Gasteiger partial charge in [0, 0.05) is 10.5 Å². The van der Waals surface area contributed by atoms with E-state index in [1.165, 1.54) is 12.1 Å². The van der Waals surface area contributed by atoms with Gasteiger partial charge in [-0.25, -0.2) is 4.39 Å². The highest BCUT2D eigenvalue weighted by Crippen LogP contribution is 2.15. The van der Waals surface area contributed by atoms with Crippen LogP contribution in [-0.2, 0) is 0 Å². The molecule has 1 aromatic rings. The molecule has 2 nitrogen and oxygen atoms in total. The Labute approximate surface area is 116 Å². The molecule has 0 aliphatic heterocycles. The van der Waals surface area contributed by atoms with Crippen LogP contribution in [0.3, 0.4) is 0 Å². The zero-order chi connectivity index (χ0) is 13.5. The summed E-state index contributed by atoms with van der Waals surface area (Å²) in [5.41, 5.74) is 0.0977. The van der Waals surface area contributed by atoms with E-state index in [0.717, 1.165) is 25.7 Å². The van der Waals surface area contributed by atoms with Crippen molar-refractivity contribution in [2.45, 2.75) is 45.6 Å². The van der Waals surface area contributed by atoms with Gasteiger partial charge in [-0.05, 0) is 31.5 Å². The number of benzene rings is 1. The van der Waals surface area contributed by atoms with E-state index in [1.807, 2.05) is 6.92 Å². The maximum Gasteiger partial charge on any atom is 0.254 e. The van der Waals surface area contributed by atoms with Gasteiger partial charge in [0.1, 0.15) is 5.82 Å². The number of rotatable bonds is 6. The first-order chi connectivity index (χ1) is 8.54. The number of halogens is 2. The fourth-order valence-electron chi connectivity index (χ4n) is 1.75. The smallest absolute Gasteiger partial charge is 0.254 e. The molecule has 1 N–H and O–H groups in total. The summed E-state index contributed by atoms with van der Waals surface area (Å²) in [5.74, 6) is -0.841. The third-order valence-corrected chi connectivity index (χ3v) is 3.29. The first-order valence-electron chi connectivity index (χ1n) is 6.30. The largest absolute Gasteiger partial charge is 0.349 e. The van der Waals surface area contributed by atoms with Gasteiger partial charge in [-0.1, -0.05) is 42.1 Å². The van der Waals surface area contributed by atoms with Crippen LogP contribution in [0.25, 0.3) is 0 Å². The van der Waals surface area contributed by atoms with Crippen LogP contribution in [0.15, 0.2) is 22.7 Å². The first-order valence-corrected chi connectivity index (χ1v) is 7.09. The fraction of sp³-hybridized carbons (Fsp3) is 0.500. The van der Waals surface area contributed by atoms with Crippen LogP contribution in [0.5, 0.6) is 0 Å². The molecule has 0 heterocycles. The van der Waals surface area contributed by atoms with Crippen LogP contribution < -0.4 is 5.32 Å². The molecular weight excluding hydrogens is 297 g/mol. The third kappa shape index (κ3) is 4.77. The normalized spacial score (nSPS) is 12.2. The van der Waals surface area contributed by atoms with Crippen LogP contribution in [0.2, 0.25) is 0 Å². The molecule has 1 atom stereocenters. The van der Waals surface area contributed by atoms with Crippen molar-refractivity contribution in [2.24, 2.45) is 0 Å². The Balaban J connectivity index is 2.54. The van der Waals surface area contributed by atoms with Gasteiger partial charge in [0.25, 0.3) is 5.91 Å². The Morgan fingerprint density at radius 1 is 1.44 bits per heavy atom. The summed E-state index contributed by atoms with van der Waals surface area (Å²) in [4.78, 5) is 11.9. The number of unbranched alkanes of at least 4 members (excludes halogenated alkanes) is 2. The van der Waals surface area contributed by atoms with E-state index in [2.05, 4.69) is 28.2 Å². The standard InChI is InChI=1S/C14H19BrFNO/c1-3-4-5-6-10(2)17-14(18)12-8-7-11(15)9-13(12)16/h7-10H,3-6H2,1-2H3,(H,17,18). The molecular formula is C14H19BrFNO. The van der Waals surface area contributed by atoms with Crippen LogP contribution in [0.1, 0.15) is 49.9 Å². The molecule has 1 amide bonds. The monoisotopic (exact) mass is 315 g/mol. The van der Waals surface area contributed by atoms with E-state index in [1.54, 1.807) is 6.07 Å². The lowest BCUT2D eigenvalue weighted by Crippen LogP contribution is -2.33. The predicted octanol–water partition coefficient (Wildman–Crippen LogP) is 4.29. The molecule has 18 heavy (non-hydrogen) atoms. The molecule has 1 aromatic carbocycles. The highest BCUT2D eigenvalue weighted by molar-refractivity contribution is 9.10. The second kappa shape index (κ2) is 7.52. The highest BCUT2D eigenvalue weighted by Gasteiger charge is 2.13. The number of amides is 1. The zero-order valence-corrected chi connectivity index (χ0v) is 12.4. The summed E-state index contributed by atoms with van der Waals surface area (Å²) in [6, 6.07) is 4.54. The Bertz CT molecular complexity index is 409. The Morgan fingerprint density at radius 3 is 2.78 bits per heavy atom. The summed E-state index contributed by atoms with van der Waals surface area (Å²) in [6.45, 7) is 4.09. The van der Waals surface area contributed by atoms with Crippen molar-refractivity contribution in [3.8, 4) is 0 Å². The molecule has 0 saturated carbocycles. The van der Waals surface area contributed by atoms with E-state index < -0.39 is 5.82 Å². The van der Waals surface area contributed by atoms with Crippen molar-refractivity contribution >= 4 is 21.8 Å². The van der Waals surface area contributed by atoms with E-state index in [4.69, 9.17) is 0 Å². The lowest BCUT2D eigenvalue weighted by Gasteiger charge is -2.14. The molecule has 0 spiro atoms. The maximum absolute atomic E-state index is 13.6. The van der Waals surface area contributed by atoms with Crippen molar-refractivity contribution in [3.05, 3.63) is 34.1 Å². The molecule has 1 unspecified atom stereocenters. The van der Waals surface area contributed by atoms with Gasteiger partial charge in [0.15, 0.2) is 0 Å². The quantitative estimate of drug-likeness (QED) is 0.780. The lowest BCUT2D eigenvalue weighted by molar-refractivity contribution is 0.0934. The molecule has 0 aromatic heterocycles. The summed E-state index contributed by atoms with van der Waals surface area (Å²) in [5, 5.41) is 2.82. The van der Waals surface area contributed by atoms with E-state index in [-0.39, 0.29) is 17.5 Å². The SMILES string of the molecule is CCCCCC(C)NC(=O)c1ccc(Br)cc1F. The average molecular weight is 316 g/mol. The van der Waals surface area contributed by atoms with Crippen molar-refractivity contribution < 1.29 is 9.18 Å². The van der Waals surface area contributed by atoms with Crippen LogP contribution in [-0.4, -0.2) is 11.9 Å². The first kappa shape index (κ1) is 15.2. The minimum Gasteiger partial charge on any atom is -0.349 e. The molecule has 100 valence electrons. The van der Waals surface area contributed by atoms with Crippen LogP contribution >= 0.6 is 15.9 Å². The second-order valence-corrected chi connectivity index (χ2v) is 5.41. The van der Waals surface area contributed by atoms with Crippen molar-refractivity contribution in [3.63, 3.8) is 0 Å². The van der Waals surface area contributed by atoms with Gasteiger partial charge < -0.3 is 5.32 Å². The molecule has 0 aliphatic carbocycles. The number of carbonyl (C=O) groups is 1. The van der Waals surface area contributed by atoms with E-state index in [9.17, 15) is 9.18 Å². The summed E-state index contributed by atoms with van der Waals surface area (Å²) >= 11 is 3.17. The van der Waals surface area contributed by atoms with Crippen molar-refractivity contribution in [1.82, 2.24) is 5.32 Å². The van der Waals surface area contributed by atoms with Crippen LogP contribution in [0.4, 0.5) is 4.39 Å². The van der Waals surface area contributed by atoms with Gasteiger partial charge in [-0.2, -0.15) is 0 Å². The molecule has 0 fully saturated rings. The summed E-state index contributed by atoms with van der Waals surface area (Å²) in [7, 11) is 0. The highest BCUT2D eigenvalue weighted by atomic mass is 79.9. The Morgan fingerprint density at radius 2 is 2.17 bits per heavy atom. The van der Waals surface area contributed by atoms with E-state index >= 15 is 0 Å². The van der Waals surface area contributed by atoms with Gasteiger partial charge in [-0.15, -0.1) is 0 Å². The number of hydrogen-bond donors (Lipinski definition) is 1. The van der Waals surface area contributed by atoms with Gasteiger partial charge in [0.2, 0.25) is 0 Å². The number of hydrogen-bond acceptors (Lipinski definition) is 1. The predicted molar refractivity (Wildman–Crippen MR) is 75.2 cm³/mol. The molecule has 4 heteroatoms. The maximum atomic E-state index is 13.6. The van der Waals surface area contributed by atoms with E-state index in [0.29, 0.717) is 4.47 Å². The van der Waals surface area contributed by atoms with Crippen molar-refractivity contribution in [1.29, 1.82) is 0 Å². The molecule has 0 bridgehead atoms. The molecule has 0 saturated heterocycles.